The van der Waals surface area contributed by atoms with E-state index in [1.807, 2.05) is 36.4 Å². The van der Waals surface area contributed by atoms with E-state index in [4.69, 9.17) is 9.47 Å². The van der Waals surface area contributed by atoms with Gasteiger partial charge in [0, 0.05) is 18.3 Å². The van der Waals surface area contributed by atoms with Crippen LogP contribution >= 0.6 is 0 Å². The Morgan fingerprint density at radius 2 is 1.95 bits per heavy atom. The Morgan fingerprint density at radius 1 is 1.14 bits per heavy atom. The zero-order chi connectivity index (χ0) is 14.7. The summed E-state index contributed by atoms with van der Waals surface area (Å²) in [5, 5.41) is 0. The second-order valence-corrected chi connectivity index (χ2v) is 4.89. The zero-order valence-electron chi connectivity index (χ0n) is 11.9. The molecule has 0 N–H and O–H groups in total. The number of rotatable bonds is 4. The molecule has 0 fully saturated rings. The number of carbonyl (C=O) groups excluding carboxylic acids is 1. The first-order chi connectivity index (χ1) is 10.3. The van der Waals surface area contributed by atoms with Gasteiger partial charge in [-0.1, -0.05) is 24.3 Å². The molecule has 0 radical (unpaired) electrons. The van der Waals surface area contributed by atoms with Crippen LogP contribution in [0.15, 0.2) is 48.5 Å². The molecule has 4 heteroatoms. The van der Waals surface area contributed by atoms with E-state index in [2.05, 4.69) is 6.07 Å². The minimum Gasteiger partial charge on any atom is -0.497 e. The Morgan fingerprint density at radius 3 is 2.81 bits per heavy atom. The molecule has 2 aromatic carbocycles. The summed E-state index contributed by atoms with van der Waals surface area (Å²) < 4.78 is 10.7. The third-order valence-corrected chi connectivity index (χ3v) is 3.59. The highest BCUT2D eigenvalue weighted by Gasteiger charge is 2.24. The van der Waals surface area contributed by atoms with E-state index in [1.54, 1.807) is 18.1 Å². The summed E-state index contributed by atoms with van der Waals surface area (Å²) in [6.45, 7) is 0.751. The van der Waals surface area contributed by atoms with Gasteiger partial charge < -0.3 is 14.4 Å². The molecule has 4 nitrogen and oxygen atoms in total. The fraction of sp³-hybridized carbons (Fsp3) is 0.235. The van der Waals surface area contributed by atoms with E-state index in [1.165, 1.54) is 5.56 Å². The zero-order valence-corrected chi connectivity index (χ0v) is 11.9. The highest BCUT2D eigenvalue weighted by Crippen LogP contribution is 2.27. The van der Waals surface area contributed by atoms with Crippen molar-refractivity contribution in [3.63, 3.8) is 0 Å². The third kappa shape index (κ3) is 2.84. The van der Waals surface area contributed by atoms with Crippen molar-refractivity contribution >= 4 is 11.6 Å². The van der Waals surface area contributed by atoms with Crippen LogP contribution in [0.2, 0.25) is 0 Å². The maximum Gasteiger partial charge on any atom is 0.264 e. The normalized spacial score (nSPS) is 12.9. The van der Waals surface area contributed by atoms with Gasteiger partial charge in [-0.25, -0.2) is 0 Å². The molecule has 0 saturated heterocycles. The van der Waals surface area contributed by atoms with Gasteiger partial charge in [0.15, 0.2) is 6.61 Å². The molecule has 3 rings (SSSR count). The predicted molar refractivity (Wildman–Crippen MR) is 81.0 cm³/mol. The number of hydrogen-bond acceptors (Lipinski definition) is 3. The molecule has 0 saturated carbocycles. The molecule has 0 aromatic heterocycles. The van der Waals surface area contributed by atoms with E-state index in [0.29, 0.717) is 11.5 Å². The number of carbonyl (C=O) groups is 1. The Bertz CT molecular complexity index is 654. The van der Waals surface area contributed by atoms with Crippen molar-refractivity contribution in [2.24, 2.45) is 0 Å². The van der Waals surface area contributed by atoms with Crippen LogP contribution in [0.1, 0.15) is 5.56 Å². The van der Waals surface area contributed by atoms with Crippen LogP contribution in [-0.4, -0.2) is 26.2 Å². The van der Waals surface area contributed by atoms with Gasteiger partial charge in [-0.2, -0.15) is 0 Å². The van der Waals surface area contributed by atoms with E-state index < -0.39 is 0 Å². The summed E-state index contributed by atoms with van der Waals surface area (Å²) in [4.78, 5) is 14.1. The van der Waals surface area contributed by atoms with Gasteiger partial charge in [-0.3, -0.25) is 4.79 Å². The Labute approximate surface area is 123 Å². The van der Waals surface area contributed by atoms with E-state index >= 15 is 0 Å². The number of benzene rings is 2. The average molecular weight is 283 g/mol. The molecule has 1 amide bonds. The molecule has 21 heavy (non-hydrogen) atoms. The lowest BCUT2D eigenvalue weighted by molar-refractivity contribution is -0.120. The van der Waals surface area contributed by atoms with Crippen molar-refractivity contribution in [3.05, 3.63) is 54.1 Å². The summed E-state index contributed by atoms with van der Waals surface area (Å²) in [7, 11) is 1.60. The highest BCUT2D eigenvalue weighted by molar-refractivity contribution is 5.96. The van der Waals surface area contributed by atoms with Crippen molar-refractivity contribution in [2.45, 2.75) is 6.42 Å². The van der Waals surface area contributed by atoms with Crippen LogP contribution in [0, 0.1) is 0 Å². The second-order valence-electron chi connectivity index (χ2n) is 4.89. The molecule has 0 atom stereocenters. The number of amides is 1. The van der Waals surface area contributed by atoms with Crippen molar-refractivity contribution < 1.29 is 14.3 Å². The van der Waals surface area contributed by atoms with E-state index in [0.717, 1.165) is 18.7 Å². The molecule has 0 bridgehead atoms. The summed E-state index contributed by atoms with van der Waals surface area (Å²) in [5.74, 6) is 1.32. The first-order valence-corrected chi connectivity index (χ1v) is 6.93. The maximum absolute atomic E-state index is 12.3. The van der Waals surface area contributed by atoms with Gasteiger partial charge in [0.05, 0.1) is 7.11 Å². The highest BCUT2D eigenvalue weighted by atomic mass is 16.5. The van der Waals surface area contributed by atoms with Crippen LogP contribution in [0.4, 0.5) is 5.69 Å². The first kappa shape index (κ1) is 13.5. The summed E-state index contributed by atoms with van der Waals surface area (Å²) in [6, 6.07) is 15.2. The molecular formula is C17H17NO3. The number of nitrogens with zero attached hydrogens (tertiary/aromatic N) is 1. The number of para-hydroxylation sites is 1. The Hall–Kier alpha value is -2.49. The fourth-order valence-corrected chi connectivity index (χ4v) is 2.51. The van der Waals surface area contributed by atoms with Crippen molar-refractivity contribution in [1.29, 1.82) is 0 Å². The van der Waals surface area contributed by atoms with Gasteiger partial charge in [0.25, 0.3) is 5.91 Å². The van der Waals surface area contributed by atoms with Gasteiger partial charge in [-0.15, -0.1) is 0 Å². The topological polar surface area (TPSA) is 38.8 Å². The van der Waals surface area contributed by atoms with E-state index in [9.17, 15) is 4.79 Å². The summed E-state index contributed by atoms with van der Waals surface area (Å²) in [6.07, 6.45) is 0.904. The summed E-state index contributed by atoms with van der Waals surface area (Å²) >= 11 is 0. The minimum atomic E-state index is -0.0252. The lowest BCUT2D eigenvalue weighted by atomic mass is 10.2. The molecule has 1 aliphatic rings. The molecule has 0 aliphatic carbocycles. The number of anilines is 1. The molecule has 1 heterocycles. The summed E-state index contributed by atoms with van der Waals surface area (Å²) in [5.41, 5.74) is 2.21. The number of hydrogen-bond donors (Lipinski definition) is 0. The number of ether oxygens (including phenoxy) is 2. The molecular weight excluding hydrogens is 266 g/mol. The predicted octanol–water partition coefficient (Wildman–Crippen LogP) is 2.66. The Balaban J connectivity index is 1.65. The fourth-order valence-electron chi connectivity index (χ4n) is 2.51. The van der Waals surface area contributed by atoms with Gasteiger partial charge in [0.1, 0.15) is 11.5 Å². The van der Waals surface area contributed by atoms with Gasteiger partial charge in [0.2, 0.25) is 0 Å². The minimum absolute atomic E-state index is 0.0252. The third-order valence-electron chi connectivity index (χ3n) is 3.59. The number of methoxy groups -OCH3 is 1. The second kappa shape index (κ2) is 5.87. The number of fused-ring (bicyclic) bond motifs is 1. The average Bonchev–Trinajstić information content (AvgIpc) is 2.97. The molecule has 0 unspecified atom stereocenters. The monoisotopic (exact) mass is 283 g/mol. The van der Waals surface area contributed by atoms with Crippen molar-refractivity contribution in [2.75, 3.05) is 25.2 Å². The van der Waals surface area contributed by atoms with Gasteiger partial charge >= 0.3 is 0 Å². The molecule has 0 spiro atoms. The Kier molecular flexibility index (Phi) is 3.77. The van der Waals surface area contributed by atoms with Gasteiger partial charge in [-0.05, 0) is 30.2 Å². The van der Waals surface area contributed by atoms with Crippen LogP contribution in [0.5, 0.6) is 11.5 Å². The van der Waals surface area contributed by atoms with Crippen LogP contribution < -0.4 is 14.4 Å². The van der Waals surface area contributed by atoms with Crippen LogP contribution in [0.3, 0.4) is 0 Å². The SMILES string of the molecule is COc1cccc(OCC(=O)N2CCc3ccccc32)c1. The van der Waals surface area contributed by atoms with Crippen LogP contribution in [-0.2, 0) is 11.2 Å². The largest absolute Gasteiger partial charge is 0.497 e. The molecule has 108 valence electrons. The van der Waals surface area contributed by atoms with Crippen LogP contribution in [0.25, 0.3) is 0 Å². The smallest absolute Gasteiger partial charge is 0.264 e. The maximum atomic E-state index is 12.3. The van der Waals surface area contributed by atoms with Crippen molar-refractivity contribution in [3.8, 4) is 11.5 Å². The lowest BCUT2D eigenvalue weighted by Gasteiger charge is -2.17. The van der Waals surface area contributed by atoms with Crippen molar-refractivity contribution in [1.82, 2.24) is 0 Å². The molecule has 1 aliphatic heterocycles. The standard InChI is InChI=1S/C17H17NO3/c1-20-14-6-4-7-15(11-14)21-12-17(19)18-10-9-13-5-2-3-8-16(13)18/h2-8,11H,9-10,12H2,1H3. The quantitative estimate of drug-likeness (QED) is 0.866. The molecule has 2 aromatic rings. The first-order valence-electron chi connectivity index (χ1n) is 6.93. The van der Waals surface area contributed by atoms with E-state index in [-0.39, 0.29) is 12.5 Å². The lowest BCUT2D eigenvalue weighted by Crippen LogP contribution is -2.33.